The van der Waals surface area contributed by atoms with E-state index in [0.29, 0.717) is 0 Å². The Morgan fingerprint density at radius 3 is 1.64 bits per heavy atom. The van der Waals surface area contributed by atoms with Crippen LogP contribution < -0.4 is 0 Å². The zero-order chi connectivity index (χ0) is 23.6. The lowest BCUT2D eigenvalue weighted by Crippen LogP contribution is -1.90. The fraction of sp³-hybridized carbons (Fsp3) is 0. The second-order valence-corrected chi connectivity index (χ2v) is 11.2. The minimum Gasteiger partial charge on any atom is -0.142 e. The van der Waals surface area contributed by atoms with Crippen LogP contribution in [0.5, 0.6) is 0 Å². The topological polar surface area (TPSA) is 0 Å². The van der Waals surface area contributed by atoms with Gasteiger partial charge in [-0.05, 0) is 49.7 Å². The second-order valence-electron chi connectivity index (χ2n) is 9.27. The molecular weight excluding hydrogens is 473 g/mol. The summed E-state index contributed by atoms with van der Waals surface area (Å²) in [7, 11) is 0. The van der Waals surface area contributed by atoms with Crippen molar-refractivity contribution in [1.82, 2.24) is 0 Å². The predicted octanol–water partition coefficient (Wildman–Crippen LogP) is 10.9. The zero-order valence-electron chi connectivity index (χ0n) is 19.4. The van der Waals surface area contributed by atoms with E-state index in [1.165, 1.54) is 74.1 Å². The van der Waals surface area contributed by atoms with E-state index in [2.05, 4.69) is 121 Å². The maximum atomic E-state index is 2.38. The average molecular weight is 493 g/mol. The summed E-state index contributed by atoms with van der Waals surface area (Å²) in [6.07, 6.45) is 0. The van der Waals surface area contributed by atoms with Crippen LogP contribution in [0.2, 0.25) is 0 Å². The summed E-state index contributed by atoms with van der Waals surface area (Å²) in [6.45, 7) is 0. The molecule has 6 aromatic carbocycles. The van der Waals surface area contributed by atoms with Gasteiger partial charge in [-0.3, -0.25) is 0 Å². The Morgan fingerprint density at radius 2 is 0.944 bits per heavy atom. The van der Waals surface area contributed by atoms with E-state index in [9.17, 15) is 0 Å². The fourth-order valence-electron chi connectivity index (χ4n) is 5.80. The van der Waals surface area contributed by atoms with E-state index in [1.54, 1.807) is 0 Å². The van der Waals surface area contributed by atoms with E-state index >= 15 is 0 Å². The molecule has 2 heteroatoms. The van der Waals surface area contributed by atoms with Crippen LogP contribution in [0.25, 0.3) is 74.1 Å². The van der Waals surface area contributed by atoms with Gasteiger partial charge in [-0.2, -0.15) is 0 Å². The first-order valence-electron chi connectivity index (χ1n) is 12.2. The van der Waals surface area contributed by atoms with Gasteiger partial charge in [0.2, 0.25) is 0 Å². The lowest BCUT2D eigenvalue weighted by molar-refractivity contribution is 1.67. The first-order chi connectivity index (χ1) is 17.9. The largest absolute Gasteiger partial charge is 0.142 e. The maximum absolute atomic E-state index is 2.38. The van der Waals surface area contributed by atoms with Gasteiger partial charge < -0.3 is 0 Å². The first kappa shape index (κ1) is 20.2. The minimum atomic E-state index is 1.26. The smallest absolute Gasteiger partial charge is 0.0533 e. The van der Waals surface area contributed by atoms with Gasteiger partial charge in [0.15, 0.2) is 0 Å². The number of fused-ring (bicyclic) bond motifs is 7. The average Bonchev–Trinajstić information content (AvgIpc) is 3.54. The van der Waals surface area contributed by atoms with Crippen molar-refractivity contribution < 1.29 is 0 Å². The SMILES string of the molecule is c1ccc(-c2c3ccccc3c(-c3csc4c3ccc3c5ccccc5sc34)c3ccccc23)cc1. The van der Waals surface area contributed by atoms with Crippen LogP contribution in [-0.2, 0) is 0 Å². The quantitative estimate of drug-likeness (QED) is 0.211. The lowest BCUT2D eigenvalue weighted by atomic mass is 9.86. The van der Waals surface area contributed by atoms with Crippen molar-refractivity contribution in [3.05, 3.63) is 121 Å². The molecule has 0 fully saturated rings. The van der Waals surface area contributed by atoms with Gasteiger partial charge >= 0.3 is 0 Å². The second kappa shape index (κ2) is 7.76. The first-order valence-corrected chi connectivity index (χ1v) is 13.9. The number of hydrogen-bond acceptors (Lipinski definition) is 2. The van der Waals surface area contributed by atoms with Gasteiger partial charge in [0, 0.05) is 26.4 Å². The highest BCUT2D eigenvalue weighted by molar-refractivity contribution is 7.30. The number of rotatable bonds is 2. The highest BCUT2D eigenvalue weighted by Gasteiger charge is 2.19. The molecule has 0 aliphatic rings. The molecule has 0 aliphatic heterocycles. The van der Waals surface area contributed by atoms with E-state index in [-0.39, 0.29) is 0 Å². The van der Waals surface area contributed by atoms with Gasteiger partial charge in [-0.15, -0.1) is 22.7 Å². The van der Waals surface area contributed by atoms with E-state index < -0.39 is 0 Å². The predicted molar refractivity (Wildman–Crippen MR) is 161 cm³/mol. The molecule has 0 unspecified atom stereocenters. The summed E-state index contributed by atoms with van der Waals surface area (Å²) < 4.78 is 4.15. The van der Waals surface area contributed by atoms with Crippen LogP contribution in [0.3, 0.4) is 0 Å². The van der Waals surface area contributed by atoms with Crippen LogP contribution in [0.15, 0.2) is 121 Å². The Kier molecular flexibility index (Phi) is 4.36. The van der Waals surface area contributed by atoms with Crippen molar-refractivity contribution in [1.29, 1.82) is 0 Å². The van der Waals surface area contributed by atoms with Crippen LogP contribution >= 0.6 is 22.7 Å². The van der Waals surface area contributed by atoms with Crippen molar-refractivity contribution in [3.63, 3.8) is 0 Å². The van der Waals surface area contributed by atoms with Crippen LogP contribution in [0.1, 0.15) is 0 Å². The van der Waals surface area contributed by atoms with Crippen LogP contribution in [0, 0.1) is 0 Å². The maximum Gasteiger partial charge on any atom is 0.0533 e. The Morgan fingerprint density at radius 1 is 0.389 bits per heavy atom. The van der Waals surface area contributed by atoms with Crippen LogP contribution in [-0.4, -0.2) is 0 Å². The molecule has 0 aliphatic carbocycles. The summed E-state index contributed by atoms with van der Waals surface area (Å²) in [6, 6.07) is 42.1. The lowest BCUT2D eigenvalue weighted by Gasteiger charge is -2.17. The molecule has 0 saturated heterocycles. The van der Waals surface area contributed by atoms with Crippen molar-refractivity contribution in [2.24, 2.45) is 0 Å². The van der Waals surface area contributed by atoms with Gasteiger partial charge in [-0.25, -0.2) is 0 Å². The molecule has 168 valence electrons. The number of thiophene rings is 2. The van der Waals surface area contributed by atoms with Crippen molar-refractivity contribution >= 4 is 74.5 Å². The molecule has 8 aromatic rings. The molecule has 0 radical (unpaired) electrons. The van der Waals surface area contributed by atoms with Crippen molar-refractivity contribution in [2.75, 3.05) is 0 Å². The van der Waals surface area contributed by atoms with Gasteiger partial charge in [0.25, 0.3) is 0 Å². The summed E-state index contributed by atoms with van der Waals surface area (Å²) >= 11 is 3.80. The summed E-state index contributed by atoms with van der Waals surface area (Å²) in [5.74, 6) is 0. The third-order valence-electron chi connectivity index (χ3n) is 7.35. The van der Waals surface area contributed by atoms with E-state index in [4.69, 9.17) is 0 Å². The van der Waals surface area contributed by atoms with Gasteiger partial charge in [0.05, 0.1) is 9.40 Å². The third kappa shape index (κ3) is 2.80. The summed E-state index contributed by atoms with van der Waals surface area (Å²) in [5.41, 5.74) is 5.25. The molecule has 0 spiro atoms. The monoisotopic (exact) mass is 492 g/mol. The standard InChI is InChI=1S/C34H20S2/c1-2-10-21(11-3-1)31-23-13-4-6-15-25(23)32(26-16-7-5-14-24(26)31)29-20-35-33-28(29)19-18-27-22-12-8-9-17-30(22)36-34(27)33/h1-20H. The molecule has 0 nitrogen and oxygen atoms in total. The summed E-state index contributed by atoms with van der Waals surface area (Å²) in [4.78, 5) is 0. The molecule has 0 bridgehead atoms. The van der Waals surface area contributed by atoms with Crippen molar-refractivity contribution in [3.8, 4) is 22.3 Å². The minimum absolute atomic E-state index is 1.26. The van der Waals surface area contributed by atoms with E-state index in [0.717, 1.165) is 0 Å². The Hall–Kier alpha value is -3.98. The zero-order valence-corrected chi connectivity index (χ0v) is 21.0. The molecule has 0 N–H and O–H groups in total. The Labute approximate surface area is 216 Å². The molecule has 0 saturated carbocycles. The highest BCUT2D eigenvalue weighted by Crippen LogP contribution is 2.49. The van der Waals surface area contributed by atoms with E-state index in [1.807, 2.05) is 22.7 Å². The normalized spacial score (nSPS) is 11.9. The molecule has 0 amide bonds. The molecular formula is C34H20S2. The Bertz CT molecular complexity index is 2030. The van der Waals surface area contributed by atoms with Crippen LogP contribution in [0.4, 0.5) is 0 Å². The van der Waals surface area contributed by atoms with Gasteiger partial charge in [0.1, 0.15) is 0 Å². The molecule has 0 atom stereocenters. The fourth-order valence-corrected chi connectivity index (χ4v) is 8.22. The highest BCUT2D eigenvalue weighted by atomic mass is 32.1. The Balaban J connectivity index is 1.52. The van der Waals surface area contributed by atoms with Crippen molar-refractivity contribution in [2.45, 2.75) is 0 Å². The molecule has 36 heavy (non-hydrogen) atoms. The summed E-state index contributed by atoms with van der Waals surface area (Å²) in [5, 5.41) is 11.7. The molecule has 2 aromatic heterocycles. The molecule has 8 rings (SSSR count). The number of benzene rings is 6. The third-order valence-corrected chi connectivity index (χ3v) is 9.70. The van der Waals surface area contributed by atoms with Gasteiger partial charge in [-0.1, -0.05) is 109 Å². The number of hydrogen-bond donors (Lipinski definition) is 0. The molecule has 2 heterocycles.